The Morgan fingerprint density at radius 3 is 1.78 bits per heavy atom. The Labute approximate surface area is 162 Å². The Kier molecular flexibility index (Phi) is 4.32. The summed E-state index contributed by atoms with van der Waals surface area (Å²) in [5.41, 5.74) is 0.957. The second-order valence-corrected chi connectivity index (χ2v) is 9.52. The molecule has 1 aromatic rings. The number of rotatable bonds is 5. The molecular weight excluding hydrogens is 340 g/mol. The molecule has 27 heavy (non-hydrogen) atoms. The Morgan fingerprint density at radius 2 is 1.37 bits per heavy atom. The minimum absolute atomic E-state index is 0.168. The third-order valence-corrected chi connectivity index (χ3v) is 7.84. The molecule has 0 unspecified atom stereocenters. The average molecular weight is 375 g/mol. The van der Waals surface area contributed by atoms with E-state index in [1.54, 1.807) is 24.0 Å². The van der Waals surface area contributed by atoms with Gasteiger partial charge in [-0.1, -0.05) is 27.7 Å². The molecule has 4 heterocycles. The summed E-state index contributed by atoms with van der Waals surface area (Å²) in [5.74, 6) is 2.89. The van der Waals surface area contributed by atoms with Gasteiger partial charge in [-0.2, -0.15) is 0 Å². The molecule has 4 aliphatic rings. The molecule has 5 rings (SSSR count). The van der Waals surface area contributed by atoms with E-state index >= 15 is 0 Å². The fraction of sp³-hybridized carbons (Fsp3) is 0.682. The van der Waals surface area contributed by atoms with Crippen LogP contribution in [0.4, 0.5) is 0 Å². The predicted molar refractivity (Wildman–Crippen MR) is 103 cm³/mol. The summed E-state index contributed by atoms with van der Waals surface area (Å²) >= 11 is 0. The van der Waals surface area contributed by atoms with Gasteiger partial charge < -0.3 is 9.47 Å². The van der Waals surface area contributed by atoms with Crippen molar-refractivity contribution in [3.63, 3.8) is 0 Å². The van der Waals surface area contributed by atoms with Crippen molar-refractivity contribution in [1.29, 1.82) is 0 Å². The molecule has 5 nitrogen and oxygen atoms in total. The molecular formula is C22H34N2O3+2. The zero-order chi connectivity index (χ0) is 19.6. The van der Waals surface area contributed by atoms with Gasteiger partial charge in [0.25, 0.3) is 0 Å². The van der Waals surface area contributed by atoms with Crippen molar-refractivity contribution >= 4 is 5.78 Å². The number of hydrogen-bond donors (Lipinski definition) is 2. The first-order chi connectivity index (χ1) is 12.8. The van der Waals surface area contributed by atoms with Crippen LogP contribution in [-0.4, -0.2) is 46.2 Å². The van der Waals surface area contributed by atoms with Crippen molar-refractivity contribution < 1.29 is 24.1 Å². The van der Waals surface area contributed by atoms with E-state index in [9.17, 15) is 4.79 Å². The number of Topliss-reactive ketones (excluding diaryl/α,β-unsaturated/α-hetero) is 1. The average Bonchev–Trinajstić information content (AvgIpc) is 2.64. The summed E-state index contributed by atoms with van der Waals surface area (Å²) < 4.78 is 11.0. The highest BCUT2D eigenvalue weighted by atomic mass is 16.5. The fourth-order valence-corrected chi connectivity index (χ4v) is 6.23. The number of hydrogen-bond acceptors (Lipinski definition) is 3. The van der Waals surface area contributed by atoms with Gasteiger partial charge in [-0.05, 0) is 30.0 Å². The molecule has 4 saturated heterocycles. The molecule has 0 aromatic heterocycles. The van der Waals surface area contributed by atoms with E-state index in [0.29, 0.717) is 23.8 Å². The normalized spacial score (nSPS) is 37.3. The zero-order valence-corrected chi connectivity index (χ0v) is 17.5. The minimum Gasteiger partial charge on any atom is -0.493 e. The number of methoxy groups -OCH3 is 2. The highest BCUT2D eigenvalue weighted by molar-refractivity contribution is 5.92. The number of carbonyl (C=O) groups excluding carboxylic acids is 1. The molecule has 0 atom stereocenters. The fourth-order valence-electron chi connectivity index (χ4n) is 6.23. The first kappa shape index (κ1) is 18.8. The Bertz CT molecular complexity index is 712. The lowest BCUT2D eigenvalue weighted by Gasteiger charge is -2.62. The van der Waals surface area contributed by atoms with Crippen LogP contribution in [0.5, 0.6) is 11.5 Å². The van der Waals surface area contributed by atoms with Crippen LogP contribution in [0.3, 0.4) is 0 Å². The van der Waals surface area contributed by atoms with Gasteiger partial charge in [0.1, 0.15) is 37.0 Å². The van der Waals surface area contributed by atoms with E-state index in [2.05, 4.69) is 39.8 Å². The summed E-state index contributed by atoms with van der Waals surface area (Å²) in [6, 6.07) is 6.33. The molecule has 5 heteroatoms. The molecule has 1 aromatic carbocycles. The van der Waals surface area contributed by atoms with Gasteiger partial charge in [0.05, 0.1) is 19.8 Å². The van der Waals surface area contributed by atoms with Crippen LogP contribution < -0.4 is 19.3 Å². The number of ether oxygens (including phenoxy) is 2. The van der Waals surface area contributed by atoms with Crippen LogP contribution in [0.1, 0.15) is 39.4 Å². The van der Waals surface area contributed by atoms with Crippen molar-refractivity contribution in [2.45, 2.75) is 33.9 Å². The van der Waals surface area contributed by atoms with Gasteiger partial charge in [-0.3, -0.25) is 14.6 Å². The maximum atomic E-state index is 13.7. The second kappa shape index (κ2) is 6.21. The van der Waals surface area contributed by atoms with E-state index in [-0.39, 0.29) is 10.8 Å². The highest BCUT2D eigenvalue weighted by Crippen LogP contribution is 2.45. The van der Waals surface area contributed by atoms with Crippen LogP contribution >= 0.6 is 0 Å². The van der Waals surface area contributed by atoms with Gasteiger partial charge in [-0.15, -0.1) is 0 Å². The van der Waals surface area contributed by atoms with E-state index in [0.717, 1.165) is 37.7 Å². The third-order valence-electron chi connectivity index (χ3n) is 7.84. The molecule has 4 aliphatic heterocycles. The van der Waals surface area contributed by atoms with E-state index in [1.807, 2.05) is 6.07 Å². The molecule has 0 amide bonds. The first-order valence-corrected chi connectivity index (χ1v) is 10.2. The Morgan fingerprint density at radius 1 is 0.889 bits per heavy atom. The molecule has 0 saturated carbocycles. The highest BCUT2D eigenvalue weighted by Gasteiger charge is 2.72. The Hall–Kier alpha value is -1.59. The van der Waals surface area contributed by atoms with Crippen LogP contribution in [-0.2, 0) is 4.79 Å². The summed E-state index contributed by atoms with van der Waals surface area (Å²) in [4.78, 5) is 16.8. The van der Waals surface area contributed by atoms with E-state index in [4.69, 9.17) is 9.47 Å². The van der Waals surface area contributed by atoms with Crippen molar-refractivity contribution in [2.24, 2.45) is 22.7 Å². The first-order valence-electron chi connectivity index (χ1n) is 10.2. The lowest BCUT2D eigenvalue weighted by molar-refractivity contribution is -1.18. The maximum Gasteiger partial charge on any atom is 0.240 e. The molecule has 0 spiro atoms. The van der Waals surface area contributed by atoms with Crippen LogP contribution in [0.2, 0.25) is 0 Å². The van der Waals surface area contributed by atoms with Gasteiger partial charge in [0.2, 0.25) is 6.17 Å². The lowest BCUT2D eigenvalue weighted by atomic mass is 9.53. The van der Waals surface area contributed by atoms with Crippen molar-refractivity contribution in [2.75, 3.05) is 40.4 Å². The summed E-state index contributed by atoms with van der Waals surface area (Å²) in [5, 5.41) is 0. The van der Waals surface area contributed by atoms with Gasteiger partial charge >= 0.3 is 0 Å². The predicted octanol–water partition coefficient (Wildman–Crippen LogP) is 0.367. The number of benzene rings is 1. The summed E-state index contributed by atoms with van der Waals surface area (Å²) in [6.45, 7) is 12.8. The zero-order valence-electron chi connectivity index (χ0n) is 17.5. The van der Waals surface area contributed by atoms with Crippen molar-refractivity contribution in [3.05, 3.63) is 23.8 Å². The molecule has 148 valence electrons. The third kappa shape index (κ3) is 2.40. The van der Waals surface area contributed by atoms with Crippen LogP contribution in [0.15, 0.2) is 18.2 Å². The van der Waals surface area contributed by atoms with E-state index in [1.165, 1.54) is 5.56 Å². The maximum absolute atomic E-state index is 13.7. The number of nitrogens with one attached hydrogen (secondary N) is 2. The number of ketones is 1. The quantitative estimate of drug-likeness (QED) is 0.783. The minimum atomic E-state index is -0.168. The van der Waals surface area contributed by atoms with Crippen LogP contribution in [0, 0.1) is 22.7 Å². The summed E-state index contributed by atoms with van der Waals surface area (Å²) in [6.07, 6.45) is 0.372. The van der Waals surface area contributed by atoms with Gasteiger partial charge in [0, 0.05) is 0 Å². The monoisotopic (exact) mass is 374 g/mol. The molecule has 4 fully saturated rings. The van der Waals surface area contributed by atoms with Gasteiger partial charge in [-0.25, -0.2) is 0 Å². The smallest absolute Gasteiger partial charge is 0.240 e. The molecule has 2 N–H and O–H groups in total. The van der Waals surface area contributed by atoms with Gasteiger partial charge in [0.15, 0.2) is 17.3 Å². The molecule has 0 radical (unpaired) electrons. The Balaban J connectivity index is 1.76. The number of quaternary nitrogens is 2. The van der Waals surface area contributed by atoms with Crippen molar-refractivity contribution in [3.8, 4) is 11.5 Å². The SMILES string of the molecule is COc1ccc(C2[NH+]3CC4(C(C)C)C[NH+]2CC(C(C)C)(C3)C4=O)cc1OC. The molecule has 0 aliphatic carbocycles. The van der Waals surface area contributed by atoms with Crippen molar-refractivity contribution in [1.82, 2.24) is 0 Å². The van der Waals surface area contributed by atoms with E-state index < -0.39 is 0 Å². The summed E-state index contributed by atoms with van der Waals surface area (Å²) in [7, 11) is 3.37. The number of carbonyl (C=O) groups is 1. The lowest BCUT2D eigenvalue weighted by Crippen LogP contribution is -3.41. The molecule has 4 bridgehead atoms. The topological polar surface area (TPSA) is 44.4 Å². The second-order valence-electron chi connectivity index (χ2n) is 9.52. The number of piperidine rings is 2. The standard InChI is InChI=1S/C22H32N2O3/c1-14(2)21-10-23-12-22(15(3)4,20(21)25)13-24(11-21)19(23)16-7-8-17(26-5)18(9-16)27-6/h7-9,14-15,19H,10-13H2,1-6H3/p+2. The van der Waals surface area contributed by atoms with Crippen LogP contribution in [0.25, 0.3) is 0 Å². The largest absolute Gasteiger partial charge is 0.493 e.